The predicted molar refractivity (Wildman–Crippen MR) is 77.6 cm³/mol. The average Bonchev–Trinajstić information content (AvgIpc) is 2.62. The molecule has 5 heteroatoms. The zero-order chi connectivity index (χ0) is 14.2. The lowest BCUT2D eigenvalue weighted by Gasteiger charge is -2.41. The largest absolute Gasteiger partial charge is 0.389 e. The topological polar surface area (TPSA) is 41.3 Å². The molecule has 0 saturated carbocycles. The number of hydrogen-bond donors (Lipinski definition) is 1. The van der Waals surface area contributed by atoms with Crippen molar-refractivity contribution in [2.75, 3.05) is 13.6 Å². The molecule has 1 N–H and O–H groups in total. The van der Waals surface area contributed by atoms with Gasteiger partial charge < -0.3 is 10.0 Å². The molecule has 1 fully saturated rings. The van der Waals surface area contributed by atoms with Crippen molar-refractivity contribution in [3.63, 3.8) is 0 Å². The highest BCUT2D eigenvalue weighted by Crippen LogP contribution is 2.32. The summed E-state index contributed by atoms with van der Waals surface area (Å²) < 4.78 is 1.92. The second-order valence-electron chi connectivity index (χ2n) is 5.85. The molecule has 2 heterocycles. The van der Waals surface area contributed by atoms with Gasteiger partial charge in [0.25, 0.3) is 0 Å². The molecular weight excluding hydrogens is 262 g/mol. The third-order valence-corrected chi connectivity index (χ3v) is 4.80. The minimum atomic E-state index is -0.658. The van der Waals surface area contributed by atoms with Gasteiger partial charge in [0.2, 0.25) is 0 Å². The maximum atomic E-state index is 10.8. The van der Waals surface area contributed by atoms with Crippen LogP contribution in [0.4, 0.5) is 0 Å². The number of likely N-dealkylation sites (tertiary alicyclic amines) is 1. The summed E-state index contributed by atoms with van der Waals surface area (Å²) in [6.07, 6.45) is 2.17. The van der Waals surface area contributed by atoms with Gasteiger partial charge in [0.1, 0.15) is 0 Å². The van der Waals surface area contributed by atoms with Crippen molar-refractivity contribution >= 4 is 11.6 Å². The standard InChI is InChI=1S/C14H24ClN3O/c1-5-18-12(13(15)11(3)16-18)9-14(19)6-7-17(4)10(2)8-14/h10,19H,5-9H2,1-4H3. The Morgan fingerprint density at radius 1 is 1.53 bits per heavy atom. The first-order chi connectivity index (χ1) is 8.86. The van der Waals surface area contributed by atoms with Crippen LogP contribution in [0.2, 0.25) is 5.02 Å². The van der Waals surface area contributed by atoms with Gasteiger partial charge in [0.05, 0.1) is 22.0 Å². The minimum absolute atomic E-state index is 0.400. The van der Waals surface area contributed by atoms with Crippen LogP contribution in [-0.2, 0) is 13.0 Å². The summed E-state index contributed by atoms with van der Waals surface area (Å²) in [7, 11) is 2.11. The summed E-state index contributed by atoms with van der Waals surface area (Å²) >= 11 is 6.33. The molecule has 19 heavy (non-hydrogen) atoms. The van der Waals surface area contributed by atoms with Gasteiger partial charge in [-0.3, -0.25) is 4.68 Å². The van der Waals surface area contributed by atoms with E-state index in [1.165, 1.54) is 0 Å². The van der Waals surface area contributed by atoms with Crippen LogP contribution >= 0.6 is 11.6 Å². The molecule has 1 saturated heterocycles. The van der Waals surface area contributed by atoms with Gasteiger partial charge in [-0.15, -0.1) is 0 Å². The van der Waals surface area contributed by atoms with Crippen LogP contribution < -0.4 is 0 Å². The molecule has 1 aromatic rings. The van der Waals surface area contributed by atoms with Crippen LogP contribution in [0.25, 0.3) is 0 Å². The second kappa shape index (κ2) is 5.43. The van der Waals surface area contributed by atoms with Crippen LogP contribution in [0.5, 0.6) is 0 Å². The predicted octanol–water partition coefficient (Wildman–Crippen LogP) is 2.25. The molecule has 1 aliphatic rings. The van der Waals surface area contributed by atoms with Gasteiger partial charge in [0.15, 0.2) is 0 Å². The van der Waals surface area contributed by atoms with Gasteiger partial charge in [-0.2, -0.15) is 5.10 Å². The SMILES string of the molecule is CCn1nc(C)c(Cl)c1CC1(O)CCN(C)C(C)C1. The maximum absolute atomic E-state index is 10.8. The zero-order valence-electron chi connectivity index (χ0n) is 12.3. The summed E-state index contributed by atoms with van der Waals surface area (Å²) in [6, 6.07) is 0.400. The van der Waals surface area contributed by atoms with Crippen LogP contribution in [0.3, 0.4) is 0 Å². The number of aliphatic hydroxyl groups is 1. The first kappa shape index (κ1) is 14.8. The highest BCUT2D eigenvalue weighted by Gasteiger charge is 2.36. The molecule has 0 amide bonds. The van der Waals surface area contributed by atoms with Crippen LogP contribution in [0, 0.1) is 6.92 Å². The molecule has 2 unspecified atom stereocenters. The van der Waals surface area contributed by atoms with Gasteiger partial charge in [0, 0.05) is 25.6 Å². The lowest BCUT2D eigenvalue weighted by Crippen LogP contribution is -2.49. The Labute approximate surface area is 120 Å². The normalized spacial score (nSPS) is 28.8. The Kier molecular flexibility index (Phi) is 4.23. The Bertz CT molecular complexity index is 460. The third-order valence-electron chi connectivity index (χ3n) is 4.31. The fraction of sp³-hybridized carbons (Fsp3) is 0.786. The summed E-state index contributed by atoms with van der Waals surface area (Å²) in [4.78, 5) is 2.29. The lowest BCUT2D eigenvalue weighted by atomic mass is 9.83. The Morgan fingerprint density at radius 3 is 2.79 bits per heavy atom. The van der Waals surface area contributed by atoms with E-state index < -0.39 is 5.60 Å². The van der Waals surface area contributed by atoms with Crippen molar-refractivity contribution < 1.29 is 5.11 Å². The molecule has 2 rings (SSSR count). The minimum Gasteiger partial charge on any atom is -0.389 e. The maximum Gasteiger partial charge on any atom is 0.0848 e. The van der Waals surface area contributed by atoms with Crippen molar-refractivity contribution in [1.82, 2.24) is 14.7 Å². The molecule has 108 valence electrons. The summed E-state index contributed by atoms with van der Waals surface area (Å²) in [5.41, 5.74) is 1.17. The highest BCUT2D eigenvalue weighted by atomic mass is 35.5. The van der Waals surface area contributed by atoms with Crippen LogP contribution in [0.1, 0.15) is 38.1 Å². The zero-order valence-corrected chi connectivity index (χ0v) is 13.0. The molecule has 0 radical (unpaired) electrons. The third kappa shape index (κ3) is 2.96. The van der Waals surface area contributed by atoms with Crippen molar-refractivity contribution in [3.05, 3.63) is 16.4 Å². The van der Waals surface area contributed by atoms with E-state index in [4.69, 9.17) is 11.6 Å². The fourth-order valence-corrected chi connectivity index (χ4v) is 3.12. The monoisotopic (exact) mass is 285 g/mol. The number of aryl methyl sites for hydroxylation is 2. The smallest absolute Gasteiger partial charge is 0.0848 e. The van der Waals surface area contributed by atoms with E-state index in [9.17, 15) is 5.11 Å². The van der Waals surface area contributed by atoms with Crippen LogP contribution in [-0.4, -0.2) is 45.0 Å². The molecular formula is C14H24ClN3O. The van der Waals surface area contributed by atoms with Gasteiger partial charge >= 0.3 is 0 Å². The molecule has 0 aromatic carbocycles. The Hall–Kier alpha value is -0.580. The quantitative estimate of drug-likeness (QED) is 0.926. The number of rotatable bonds is 3. The highest BCUT2D eigenvalue weighted by molar-refractivity contribution is 6.31. The number of aromatic nitrogens is 2. The molecule has 0 aliphatic carbocycles. The number of piperidine rings is 1. The van der Waals surface area contributed by atoms with E-state index >= 15 is 0 Å². The van der Waals surface area contributed by atoms with Gasteiger partial charge in [-0.05, 0) is 40.7 Å². The van der Waals surface area contributed by atoms with E-state index in [0.717, 1.165) is 37.3 Å². The first-order valence-electron chi connectivity index (χ1n) is 7.00. The van der Waals surface area contributed by atoms with E-state index in [1.54, 1.807) is 0 Å². The van der Waals surface area contributed by atoms with Crippen molar-refractivity contribution in [3.8, 4) is 0 Å². The molecule has 1 aromatic heterocycles. The Morgan fingerprint density at radius 2 is 2.21 bits per heavy atom. The van der Waals surface area contributed by atoms with E-state index in [0.29, 0.717) is 17.5 Å². The molecule has 0 bridgehead atoms. The van der Waals surface area contributed by atoms with E-state index in [-0.39, 0.29) is 0 Å². The summed E-state index contributed by atoms with van der Waals surface area (Å²) in [5, 5.41) is 16.0. The van der Waals surface area contributed by atoms with E-state index in [1.807, 2.05) is 18.5 Å². The van der Waals surface area contributed by atoms with Crippen molar-refractivity contribution in [1.29, 1.82) is 0 Å². The fourth-order valence-electron chi connectivity index (χ4n) is 2.92. The Balaban J connectivity index is 2.21. The molecule has 2 atom stereocenters. The van der Waals surface area contributed by atoms with Crippen LogP contribution in [0.15, 0.2) is 0 Å². The van der Waals surface area contributed by atoms with Crippen molar-refractivity contribution in [2.24, 2.45) is 0 Å². The van der Waals surface area contributed by atoms with Gasteiger partial charge in [-0.1, -0.05) is 11.6 Å². The molecule has 4 nitrogen and oxygen atoms in total. The average molecular weight is 286 g/mol. The number of hydrogen-bond acceptors (Lipinski definition) is 3. The van der Waals surface area contributed by atoms with E-state index in [2.05, 4.69) is 24.0 Å². The number of nitrogens with zero attached hydrogens (tertiary/aromatic N) is 3. The lowest BCUT2D eigenvalue weighted by molar-refractivity contribution is -0.0366. The first-order valence-corrected chi connectivity index (χ1v) is 7.38. The number of halogens is 1. The van der Waals surface area contributed by atoms with Crippen molar-refractivity contribution in [2.45, 2.75) is 58.2 Å². The summed E-state index contributed by atoms with van der Waals surface area (Å²) in [6.45, 7) is 7.84. The molecule has 0 spiro atoms. The second-order valence-corrected chi connectivity index (χ2v) is 6.22. The molecule has 1 aliphatic heterocycles. The van der Waals surface area contributed by atoms with Gasteiger partial charge in [-0.25, -0.2) is 0 Å². The summed E-state index contributed by atoms with van der Waals surface area (Å²) in [5.74, 6) is 0.